The minimum absolute atomic E-state index is 0.0518. The number of aromatic nitrogens is 1. The maximum atomic E-state index is 10.4. The maximum absolute atomic E-state index is 10.4. The topological polar surface area (TPSA) is 98.2 Å². The molecular formula is C5H9N3O3S. The van der Waals surface area contributed by atoms with Crippen LogP contribution in [-0.4, -0.2) is 13.6 Å². The first-order chi connectivity index (χ1) is 5.47. The van der Waals surface area contributed by atoms with E-state index in [4.69, 9.17) is 9.66 Å². The monoisotopic (exact) mass is 191 g/mol. The van der Waals surface area contributed by atoms with E-state index in [2.05, 4.69) is 9.88 Å². The first kappa shape index (κ1) is 9.17. The Labute approximate surface area is 69.9 Å². The Balaban J connectivity index is 2.55. The fraction of sp³-hybridized carbons (Fsp3) is 0.400. The zero-order valence-electron chi connectivity index (χ0n) is 6.44. The van der Waals surface area contributed by atoms with Gasteiger partial charge in [0.05, 0.1) is 12.2 Å². The van der Waals surface area contributed by atoms with Crippen LogP contribution in [0.4, 0.5) is 0 Å². The van der Waals surface area contributed by atoms with Crippen molar-refractivity contribution in [1.29, 1.82) is 0 Å². The molecule has 1 heterocycles. The molecule has 1 rings (SSSR count). The number of hydrogen-bond donors (Lipinski definition) is 2. The number of nitrogens with two attached hydrogens (primary N) is 1. The van der Waals surface area contributed by atoms with E-state index in [1.54, 1.807) is 13.0 Å². The van der Waals surface area contributed by atoms with Crippen molar-refractivity contribution in [1.82, 2.24) is 9.88 Å². The zero-order valence-corrected chi connectivity index (χ0v) is 7.26. The fourth-order valence-corrected chi connectivity index (χ4v) is 1.02. The van der Waals surface area contributed by atoms with Gasteiger partial charge in [0, 0.05) is 6.07 Å². The molecule has 1 aromatic heterocycles. The van der Waals surface area contributed by atoms with E-state index < -0.39 is 10.2 Å². The van der Waals surface area contributed by atoms with Crippen LogP contribution in [0.5, 0.6) is 0 Å². The lowest BCUT2D eigenvalue weighted by atomic mass is 10.4. The molecule has 1 aromatic rings. The molecule has 68 valence electrons. The Morgan fingerprint density at radius 2 is 2.42 bits per heavy atom. The van der Waals surface area contributed by atoms with Crippen molar-refractivity contribution in [2.75, 3.05) is 0 Å². The van der Waals surface area contributed by atoms with E-state index in [-0.39, 0.29) is 6.54 Å². The average Bonchev–Trinajstić information content (AvgIpc) is 2.30. The van der Waals surface area contributed by atoms with Crippen LogP contribution in [0, 0.1) is 6.92 Å². The summed E-state index contributed by atoms with van der Waals surface area (Å²) in [6, 6.07) is 1.62. The molecule has 3 N–H and O–H groups in total. The van der Waals surface area contributed by atoms with Crippen LogP contribution in [-0.2, 0) is 16.8 Å². The van der Waals surface area contributed by atoms with Gasteiger partial charge in [-0.2, -0.15) is 13.1 Å². The summed E-state index contributed by atoms with van der Waals surface area (Å²) in [6.07, 6.45) is 0. The highest BCUT2D eigenvalue weighted by Crippen LogP contribution is 2.00. The molecule has 0 spiro atoms. The average molecular weight is 191 g/mol. The van der Waals surface area contributed by atoms with Crippen molar-refractivity contribution < 1.29 is 12.9 Å². The van der Waals surface area contributed by atoms with Gasteiger partial charge in [-0.1, -0.05) is 5.16 Å². The molecule has 0 radical (unpaired) electrons. The third-order valence-electron chi connectivity index (χ3n) is 1.13. The van der Waals surface area contributed by atoms with Crippen LogP contribution in [0.3, 0.4) is 0 Å². The molecule has 0 amide bonds. The maximum Gasteiger partial charge on any atom is 0.274 e. The predicted octanol–water partition coefficient (Wildman–Crippen LogP) is -0.724. The number of rotatable bonds is 3. The predicted molar refractivity (Wildman–Crippen MR) is 41.2 cm³/mol. The summed E-state index contributed by atoms with van der Waals surface area (Å²) in [5.41, 5.74) is 0.501. The number of hydrogen-bond acceptors (Lipinski definition) is 4. The molecule has 0 saturated carbocycles. The van der Waals surface area contributed by atoms with E-state index in [0.717, 1.165) is 0 Å². The Kier molecular flexibility index (Phi) is 2.46. The molecule has 6 nitrogen and oxygen atoms in total. The van der Waals surface area contributed by atoms with Crippen molar-refractivity contribution in [2.24, 2.45) is 5.14 Å². The van der Waals surface area contributed by atoms with Gasteiger partial charge >= 0.3 is 0 Å². The highest BCUT2D eigenvalue weighted by molar-refractivity contribution is 7.87. The second-order valence-corrected chi connectivity index (χ2v) is 3.67. The van der Waals surface area contributed by atoms with Crippen molar-refractivity contribution in [3.05, 3.63) is 17.5 Å². The molecule has 0 aromatic carbocycles. The Morgan fingerprint density at radius 3 is 2.83 bits per heavy atom. The molecular weight excluding hydrogens is 182 g/mol. The van der Waals surface area contributed by atoms with Gasteiger partial charge < -0.3 is 4.52 Å². The molecule has 0 aliphatic rings. The van der Waals surface area contributed by atoms with Crippen LogP contribution in [0.25, 0.3) is 0 Å². The summed E-state index contributed by atoms with van der Waals surface area (Å²) >= 11 is 0. The molecule has 0 saturated heterocycles. The number of nitrogens with zero attached hydrogens (tertiary/aromatic N) is 1. The molecule has 12 heavy (non-hydrogen) atoms. The van der Waals surface area contributed by atoms with Gasteiger partial charge in [0.2, 0.25) is 0 Å². The third kappa shape index (κ3) is 2.99. The summed E-state index contributed by atoms with van der Waals surface area (Å²) in [5.74, 6) is 0.626. The minimum atomic E-state index is -3.64. The van der Waals surface area contributed by atoms with Gasteiger partial charge in [-0.05, 0) is 6.92 Å². The third-order valence-corrected chi connectivity index (χ3v) is 1.68. The van der Waals surface area contributed by atoms with E-state index in [9.17, 15) is 8.42 Å². The molecule has 0 aliphatic carbocycles. The molecule has 0 bridgehead atoms. The van der Waals surface area contributed by atoms with E-state index in [1.165, 1.54) is 0 Å². The minimum Gasteiger partial charge on any atom is -0.361 e. The molecule has 0 unspecified atom stereocenters. The van der Waals surface area contributed by atoms with Crippen molar-refractivity contribution >= 4 is 10.2 Å². The lowest BCUT2D eigenvalue weighted by Crippen LogP contribution is -2.30. The highest BCUT2D eigenvalue weighted by Gasteiger charge is 2.04. The van der Waals surface area contributed by atoms with Gasteiger partial charge in [0.25, 0.3) is 10.2 Å². The van der Waals surface area contributed by atoms with Crippen molar-refractivity contribution in [3.8, 4) is 0 Å². The first-order valence-electron chi connectivity index (χ1n) is 3.17. The van der Waals surface area contributed by atoms with E-state index in [1.807, 2.05) is 0 Å². The summed E-state index contributed by atoms with van der Waals surface area (Å²) < 4.78 is 27.6. The smallest absolute Gasteiger partial charge is 0.274 e. The normalized spacial score (nSPS) is 11.8. The van der Waals surface area contributed by atoms with Crippen molar-refractivity contribution in [3.63, 3.8) is 0 Å². The second-order valence-electron chi connectivity index (χ2n) is 2.30. The fourth-order valence-electron chi connectivity index (χ4n) is 0.676. The molecule has 0 atom stereocenters. The largest absolute Gasteiger partial charge is 0.361 e. The van der Waals surface area contributed by atoms with Crippen LogP contribution in [0.2, 0.25) is 0 Å². The van der Waals surface area contributed by atoms with E-state index in [0.29, 0.717) is 11.5 Å². The molecule has 7 heteroatoms. The Morgan fingerprint density at radius 1 is 1.75 bits per heavy atom. The van der Waals surface area contributed by atoms with Crippen molar-refractivity contribution in [2.45, 2.75) is 13.5 Å². The first-order valence-corrected chi connectivity index (χ1v) is 4.71. The number of aryl methyl sites for hydroxylation is 1. The van der Waals surface area contributed by atoms with Gasteiger partial charge in [-0.25, -0.2) is 5.14 Å². The lowest BCUT2D eigenvalue weighted by Gasteiger charge is -1.95. The van der Waals surface area contributed by atoms with Crippen LogP contribution >= 0.6 is 0 Å². The van der Waals surface area contributed by atoms with Crippen LogP contribution < -0.4 is 9.86 Å². The van der Waals surface area contributed by atoms with Crippen LogP contribution in [0.15, 0.2) is 10.6 Å². The summed E-state index contributed by atoms with van der Waals surface area (Å²) in [6.45, 7) is 1.77. The highest BCUT2D eigenvalue weighted by atomic mass is 32.2. The zero-order chi connectivity index (χ0) is 9.19. The van der Waals surface area contributed by atoms with Crippen LogP contribution in [0.1, 0.15) is 11.5 Å². The number of nitrogens with one attached hydrogen (secondary N) is 1. The lowest BCUT2D eigenvalue weighted by molar-refractivity contribution is 0.390. The standard InChI is InChI=1S/C5H9N3O3S/c1-4-2-5(8-11-4)3-7-12(6,9)10/h2,7H,3H2,1H3,(H2,6,9,10). The summed E-state index contributed by atoms with van der Waals surface area (Å²) in [4.78, 5) is 0. The quantitative estimate of drug-likeness (QED) is 0.658. The molecule has 0 fully saturated rings. The second kappa shape index (κ2) is 3.21. The van der Waals surface area contributed by atoms with Gasteiger partial charge in [0.1, 0.15) is 5.76 Å². The van der Waals surface area contributed by atoms with Gasteiger partial charge in [-0.15, -0.1) is 0 Å². The van der Waals surface area contributed by atoms with Gasteiger partial charge in [-0.3, -0.25) is 0 Å². The SMILES string of the molecule is Cc1cc(CNS(N)(=O)=O)no1. The van der Waals surface area contributed by atoms with Gasteiger partial charge in [0.15, 0.2) is 0 Å². The Bertz CT molecular complexity index is 356. The molecule has 0 aliphatic heterocycles. The summed E-state index contributed by atoms with van der Waals surface area (Å²) in [7, 11) is -3.64. The van der Waals surface area contributed by atoms with E-state index >= 15 is 0 Å². The summed E-state index contributed by atoms with van der Waals surface area (Å²) in [5, 5.41) is 8.25. The Hall–Kier alpha value is -0.920.